The molecule has 6 N–H and O–H groups in total. The molecule has 0 aliphatic carbocycles. The van der Waals surface area contributed by atoms with E-state index in [2.05, 4.69) is 10.6 Å². The zero-order chi connectivity index (χ0) is 25.0. The SMILES string of the molecule is Cc1c(C(=O)[C@H](Cc2ccccc2)NC(=O)[C@H](C)NC(=O)[C@H](C)N)c(=O)oc2cc(N)ccc12. The molecule has 0 radical (unpaired) electrons. The lowest BCUT2D eigenvalue weighted by molar-refractivity contribution is -0.129. The first-order valence-corrected chi connectivity index (χ1v) is 10.9. The van der Waals surface area contributed by atoms with Gasteiger partial charge in [0.1, 0.15) is 17.2 Å². The van der Waals surface area contributed by atoms with Gasteiger partial charge in [0.15, 0.2) is 5.78 Å². The minimum absolute atomic E-state index is 0.137. The van der Waals surface area contributed by atoms with E-state index in [0.29, 0.717) is 16.6 Å². The van der Waals surface area contributed by atoms with Crippen LogP contribution in [0.15, 0.2) is 57.7 Å². The lowest BCUT2D eigenvalue weighted by Gasteiger charge is -2.22. The van der Waals surface area contributed by atoms with E-state index in [1.807, 2.05) is 30.3 Å². The second kappa shape index (κ2) is 10.3. The molecule has 0 saturated carbocycles. The number of hydrogen-bond donors (Lipinski definition) is 4. The largest absolute Gasteiger partial charge is 0.422 e. The average Bonchev–Trinajstić information content (AvgIpc) is 2.78. The number of benzene rings is 2. The molecule has 3 rings (SSSR count). The zero-order valence-corrected chi connectivity index (χ0v) is 19.3. The van der Waals surface area contributed by atoms with Crippen LogP contribution in [0.1, 0.15) is 35.3 Å². The van der Waals surface area contributed by atoms with E-state index in [4.69, 9.17) is 15.9 Å². The van der Waals surface area contributed by atoms with Crippen molar-refractivity contribution in [2.45, 2.75) is 45.3 Å². The van der Waals surface area contributed by atoms with E-state index in [9.17, 15) is 19.2 Å². The summed E-state index contributed by atoms with van der Waals surface area (Å²) in [5, 5.41) is 5.74. The molecule has 3 atom stereocenters. The maximum Gasteiger partial charge on any atom is 0.347 e. The predicted octanol–water partition coefficient (Wildman–Crippen LogP) is 1.45. The van der Waals surface area contributed by atoms with E-state index < -0.39 is 41.3 Å². The maximum atomic E-state index is 13.6. The Kier molecular flexibility index (Phi) is 7.47. The minimum Gasteiger partial charge on any atom is -0.422 e. The summed E-state index contributed by atoms with van der Waals surface area (Å²) in [6.07, 6.45) is 0.137. The van der Waals surface area contributed by atoms with Crippen LogP contribution in [0, 0.1) is 6.92 Å². The number of nitrogen functional groups attached to an aromatic ring is 1. The van der Waals surface area contributed by atoms with Crippen molar-refractivity contribution in [3.8, 4) is 0 Å². The Morgan fingerprint density at radius 2 is 1.68 bits per heavy atom. The van der Waals surface area contributed by atoms with Crippen molar-refractivity contribution in [1.82, 2.24) is 10.6 Å². The number of carbonyl (C=O) groups is 3. The van der Waals surface area contributed by atoms with Gasteiger partial charge in [-0.1, -0.05) is 30.3 Å². The Hall–Kier alpha value is -3.98. The first kappa shape index (κ1) is 24.7. The second-order valence-corrected chi connectivity index (χ2v) is 8.28. The fourth-order valence-corrected chi connectivity index (χ4v) is 3.60. The molecule has 34 heavy (non-hydrogen) atoms. The number of anilines is 1. The van der Waals surface area contributed by atoms with Crippen LogP contribution in [0.5, 0.6) is 0 Å². The molecule has 0 aliphatic heterocycles. The number of nitrogens with two attached hydrogens (primary N) is 2. The molecule has 9 heteroatoms. The van der Waals surface area contributed by atoms with Gasteiger partial charge in [0, 0.05) is 23.6 Å². The highest BCUT2D eigenvalue weighted by molar-refractivity contribution is 6.06. The Bertz CT molecular complexity index is 1280. The Labute approximate surface area is 196 Å². The lowest BCUT2D eigenvalue weighted by atomic mass is 9.94. The summed E-state index contributed by atoms with van der Waals surface area (Å²) >= 11 is 0. The van der Waals surface area contributed by atoms with E-state index in [-0.39, 0.29) is 17.6 Å². The van der Waals surface area contributed by atoms with Crippen molar-refractivity contribution in [1.29, 1.82) is 0 Å². The van der Waals surface area contributed by atoms with E-state index in [0.717, 1.165) is 5.56 Å². The summed E-state index contributed by atoms with van der Waals surface area (Å²) < 4.78 is 5.37. The third-order valence-electron chi connectivity index (χ3n) is 5.52. The van der Waals surface area contributed by atoms with Gasteiger partial charge in [-0.15, -0.1) is 0 Å². The monoisotopic (exact) mass is 464 g/mol. The standard InChI is InChI=1S/C25H28N4O5/c1-13-18-10-9-17(27)12-20(18)34-25(33)21(13)22(30)19(11-16-7-5-4-6-8-16)29-24(32)15(3)28-23(31)14(2)26/h4-10,12,14-15,19H,11,26-27H2,1-3H3,(H,28,31)(H,29,32)/t14-,15-,19-/m0/s1. The highest BCUT2D eigenvalue weighted by atomic mass is 16.4. The fraction of sp³-hybridized carbons (Fsp3) is 0.280. The van der Waals surface area contributed by atoms with Gasteiger partial charge in [0.25, 0.3) is 0 Å². The Morgan fingerprint density at radius 1 is 1.00 bits per heavy atom. The van der Waals surface area contributed by atoms with Crippen molar-refractivity contribution in [2.75, 3.05) is 5.73 Å². The van der Waals surface area contributed by atoms with Gasteiger partial charge >= 0.3 is 5.63 Å². The van der Waals surface area contributed by atoms with Crippen molar-refractivity contribution in [3.05, 3.63) is 75.6 Å². The number of aryl methyl sites for hydroxylation is 1. The Morgan fingerprint density at radius 3 is 2.32 bits per heavy atom. The predicted molar refractivity (Wildman–Crippen MR) is 129 cm³/mol. The topological polar surface area (TPSA) is 158 Å². The molecule has 2 aromatic carbocycles. The normalized spacial score (nSPS) is 13.6. The van der Waals surface area contributed by atoms with Crippen LogP contribution in [0.2, 0.25) is 0 Å². The molecule has 1 aromatic heterocycles. The summed E-state index contributed by atoms with van der Waals surface area (Å²) in [5.74, 6) is -1.68. The first-order valence-electron chi connectivity index (χ1n) is 10.9. The molecule has 3 aromatic rings. The summed E-state index contributed by atoms with van der Waals surface area (Å²) in [4.78, 5) is 51.1. The molecule has 9 nitrogen and oxygen atoms in total. The quantitative estimate of drug-likeness (QED) is 0.223. The Balaban J connectivity index is 1.97. The van der Waals surface area contributed by atoms with Crippen LogP contribution in [0.25, 0.3) is 11.0 Å². The lowest BCUT2D eigenvalue weighted by Crippen LogP contribution is -2.53. The molecule has 1 heterocycles. The third-order valence-corrected chi connectivity index (χ3v) is 5.52. The van der Waals surface area contributed by atoms with E-state index >= 15 is 0 Å². The summed E-state index contributed by atoms with van der Waals surface area (Å²) in [6, 6.07) is 11.1. The summed E-state index contributed by atoms with van der Waals surface area (Å²) in [6.45, 7) is 4.63. The van der Waals surface area contributed by atoms with Crippen LogP contribution < -0.4 is 27.7 Å². The van der Waals surface area contributed by atoms with Gasteiger partial charge < -0.3 is 26.5 Å². The van der Waals surface area contributed by atoms with Crippen LogP contribution in [-0.2, 0) is 16.0 Å². The average molecular weight is 465 g/mol. The molecule has 0 unspecified atom stereocenters. The molecule has 178 valence electrons. The smallest absolute Gasteiger partial charge is 0.347 e. The molecule has 0 fully saturated rings. The molecule has 0 bridgehead atoms. The van der Waals surface area contributed by atoms with E-state index in [1.165, 1.54) is 19.9 Å². The first-order chi connectivity index (χ1) is 16.1. The van der Waals surface area contributed by atoms with Crippen molar-refractivity contribution in [2.24, 2.45) is 5.73 Å². The van der Waals surface area contributed by atoms with Gasteiger partial charge in [0.2, 0.25) is 11.8 Å². The van der Waals surface area contributed by atoms with Gasteiger partial charge in [-0.25, -0.2) is 4.79 Å². The highest BCUT2D eigenvalue weighted by Crippen LogP contribution is 2.23. The number of hydrogen-bond acceptors (Lipinski definition) is 7. The number of rotatable bonds is 8. The molecule has 0 saturated heterocycles. The summed E-state index contributed by atoms with van der Waals surface area (Å²) in [7, 11) is 0. The van der Waals surface area contributed by atoms with Crippen molar-refractivity contribution < 1.29 is 18.8 Å². The number of Topliss-reactive ketones (excluding diaryl/α,β-unsaturated/α-hetero) is 1. The molecular weight excluding hydrogens is 436 g/mol. The van der Waals surface area contributed by atoms with Crippen LogP contribution in [0.4, 0.5) is 5.69 Å². The molecule has 0 spiro atoms. The van der Waals surface area contributed by atoms with Crippen LogP contribution >= 0.6 is 0 Å². The third kappa shape index (κ3) is 5.49. The number of nitrogens with one attached hydrogen (secondary N) is 2. The van der Waals surface area contributed by atoms with Crippen LogP contribution in [-0.4, -0.2) is 35.7 Å². The molecular formula is C25H28N4O5. The second-order valence-electron chi connectivity index (χ2n) is 8.28. The number of amides is 2. The highest BCUT2D eigenvalue weighted by Gasteiger charge is 2.30. The van der Waals surface area contributed by atoms with Crippen LogP contribution in [0.3, 0.4) is 0 Å². The maximum absolute atomic E-state index is 13.6. The van der Waals surface area contributed by atoms with Gasteiger partial charge in [-0.05, 0) is 44.0 Å². The number of carbonyl (C=O) groups excluding carboxylic acids is 3. The number of fused-ring (bicyclic) bond motifs is 1. The van der Waals surface area contributed by atoms with Gasteiger partial charge in [-0.3, -0.25) is 14.4 Å². The van der Waals surface area contributed by atoms with Crippen molar-refractivity contribution in [3.63, 3.8) is 0 Å². The van der Waals surface area contributed by atoms with Gasteiger partial charge in [-0.2, -0.15) is 0 Å². The fourth-order valence-electron chi connectivity index (χ4n) is 3.60. The number of ketones is 1. The minimum atomic E-state index is -1.07. The summed E-state index contributed by atoms with van der Waals surface area (Å²) in [5.41, 5.74) is 12.3. The molecule has 2 amide bonds. The van der Waals surface area contributed by atoms with E-state index in [1.54, 1.807) is 19.1 Å². The zero-order valence-electron chi connectivity index (χ0n) is 19.3. The molecule has 0 aliphatic rings. The van der Waals surface area contributed by atoms with Gasteiger partial charge in [0.05, 0.1) is 12.1 Å². The van der Waals surface area contributed by atoms with Crippen molar-refractivity contribution >= 4 is 34.3 Å².